The second-order valence-corrected chi connectivity index (χ2v) is 12.5. The van der Waals surface area contributed by atoms with Gasteiger partial charge in [-0.05, 0) is 98.1 Å². The van der Waals surface area contributed by atoms with Crippen molar-refractivity contribution in [2.75, 3.05) is 0 Å². The Morgan fingerprint density at radius 2 is 1.83 bits per heavy atom. The number of carbonyl (C=O) groups excluding carboxylic acids is 1. The summed E-state index contributed by atoms with van der Waals surface area (Å²) in [5, 5.41) is 20.4. The molecule has 0 aromatic heterocycles. The van der Waals surface area contributed by atoms with Crippen molar-refractivity contribution in [1.29, 1.82) is 5.26 Å². The molecule has 3 fully saturated rings. The highest BCUT2D eigenvalue weighted by molar-refractivity contribution is 5.83. The van der Waals surface area contributed by atoms with E-state index in [4.69, 9.17) is 10.00 Å². The highest BCUT2D eigenvalue weighted by atomic mass is 16.6. The Kier molecular flexibility index (Phi) is 6.05. The molecule has 0 amide bonds. The van der Waals surface area contributed by atoms with E-state index in [2.05, 4.69) is 32.9 Å². The Balaban J connectivity index is 1.33. The molecule has 4 aliphatic carbocycles. The number of hydrogen-bond acceptors (Lipinski definition) is 4. The van der Waals surface area contributed by atoms with Gasteiger partial charge in [-0.3, -0.25) is 4.79 Å². The van der Waals surface area contributed by atoms with Crippen LogP contribution in [0.5, 0.6) is 0 Å². The second-order valence-electron chi connectivity index (χ2n) is 12.5. The van der Waals surface area contributed by atoms with Crippen molar-refractivity contribution in [2.24, 2.45) is 34.0 Å². The van der Waals surface area contributed by atoms with Gasteiger partial charge in [0.2, 0.25) is 0 Å². The molecule has 7 atom stereocenters. The van der Waals surface area contributed by atoms with Crippen LogP contribution in [0.2, 0.25) is 0 Å². The Morgan fingerprint density at radius 3 is 2.49 bits per heavy atom. The number of nitrogens with zero attached hydrogens (tertiary/aromatic N) is 1. The van der Waals surface area contributed by atoms with Crippen LogP contribution in [0.25, 0.3) is 0 Å². The van der Waals surface area contributed by atoms with E-state index in [0.717, 1.165) is 37.7 Å². The van der Waals surface area contributed by atoms with Crippen molar-refractivity contribution in [3.8, 4) is 6.07 Å². The predicted molar refractivity (Wildman–Crippen MR) is 136 cm³/mol. The first-order chi connectivity index (χ1) is 16.6. The first kappa shape index (κ1) is 24.7. The highest BCUT2D eigenvalue weighted by Crippen LogP contribution is 2.70. The molecule has 0 aliphatic heterocycles. The van der Waals surface area contributed by atoms with Gasteiger partial charge in [0.15, 0.2) is 5.79 Å². The lowest BCUT2D eigenvalue weighted by molar-refractivity contribution is -0.231. The number of carbonyl (C=O) groups is 1. The minimum absolute atomic E-state index is 0.113. The number of ketones is 1. The number of hydrogen-bond donors (Lipinski definition) is 1. The molecule has 188 valence electrons. The van der Waals surface area contributed by atoms with E-state index in [9.17, 15) is 9.90 Å². The van der Waals surface area contributed by atoms with Gasteiger partial charge in [0.1, 0.15) is 5.78 Å². The number of Topliss-reactive ketones (excluding diaryl/α,β-unsaturated/α-hetero) is 1. The number of aliphatic hydroxyl groups is 1. The molecule has 5 rings (SSSR count). The van der Waals surface area contributed by atoms with Crippen molar-refractivity contribution in [2.45, 2.75) is 97.9 Å². The summed E-state index contributed by atoms with van der Waals surface area (Å²) in [6, 6.07) is 9.53. The molecule has 3 unspecified atom stereocenters. The lowest BCUT2D eigenvalue weighted by Gasteiger charge is -2.60. The summed E-state index contributed by atoms with van der Waals surface area (Å²) in [4.78, 5) is 12.9. The minimum atomic E-state index is -1.13. The van der Waals surface area contributed by atoms with E-state index >= 15 is 0 Å². The summed E-state index contributed by atoms with van der Waals surface area (Å²) in [5.41, 5.74) is 3.08. The Bertz CT molecular complexity index is 1070. The van der Waals surface area contributed by atoms with Crippen LogP contribution < -0.4 is 0 Å². The molecule has 1 N–H and O–H groups in total. The van der Waals surface area contributed by atoms with E-state index in [-0.39, 0.29) is 16.2 Å². The van der Waals surface area contributed by atoms with Gasteiger partial charge >= 0.3 is 0 Å². The summed E-state index contributed by atoms with van der Waals surface area (Å²) in [6.07, 6.45) is 11.2. The second kappa shape index (κ2) is 8.56. The first-order valence-electron chi connectivity index (χ1n) is 13.7. The zero-order valence-electron chi connectivity index (χ0n) is 21.9. The lowest BCUT2D eigenvalue weighted by Crippen LogP contribution is -2.55. The molecule has 0 bridgehead atoms. The van der Waals surface area contributed by atoms with Crippen LogP contribution in [0.1, 0.15) is 96.6 Å². The fourth-order valence-electron chi connectivity index (χ4n) is 9.18. The van der Waals surface area contributed by atoms with Crippen LogP contribution in [0, 0.1) is 45.3 Å². The van der Waals surface area contributed by atoms with Gasteiger partial charge in [0.25, 0.3) is 0 Å². The summed E-state index contributed by atoms with van der Waals surface area (Å²) in [7, 11) is 0. The van der Waals surface area contributed by atoms with E-state index < -0.39 is 5.79 Å². The maximum Gasteiger partial charge on any atom is 0.169 e. The third kappa shape index (κ3) is 3.65. The zero-order chi connectivity index (χ0) is 25.1. The predicted octanol–water partition coefficient (Wildman–Crippen LogP) is 6.71. The fourth-order valence-corrected chi connectivity index (χ4v) is 9.18. The largest absolute Gasteiger partial charge is 0.365 e. The van der Waals surface area contributed by atoms with Crippen LogP contribution in [0.4, 0.5) is 0 Å². The van der Waals surface area contributed by atoms with Crippen molar-refractivity contribution in [3.05, 3.63) is 47.0 Å². The van der Waals surface area contributed by atoms with Crippen LogP contribution in [-0.2, 0) is 16.1 Å². The molecule has 1 aromatic carbocycles. The van der Waals surface area contributed by atoms with Crippen LogP contribution in [-0.4, -0.2) is 16.7 Å². The summed E-state index contributed by atoms with van der Waals surface area (Å²) in [5.74, 6) is 1.16. The molecule has 0 radical (unpaired) electrons. The monoisotopic (exact) mass is 475 g/mol. The molecule has 4 nitrogen and oxygen atoms in total. The summed E-state index contributed by atoms with van der Waals surface area (Å²) >= 11 is 0. The van der Waals surface area contributed by atoms with Crippen molar-refractivity contribution in [1.82, 2.24) is 0 Å². The summed E-state index contributed by atoms with van der Waals surface area (Å²) < 4.78 is 6.11. The maximum atomic E-state index is 12.9. The molecular formula is C31H41NO3. The lowest BCUT2D eigenvalue weighted by atomic mass is 9.45. The van der Waals surface area contributed by atoms with Gasteiger partial charge in [-0.25, -0.2) is 0 Å². The van der Waals surface area contributed by atoms with Gasteiger partial charge in [-0.1, -0.05) is 44.6 Å². The van der Waals surface area contributed by atoms with E-state index in [0.29, 0.717) is 48.5 Å². The SMILES string of the molecule is CC[C@]1(C(C)=O)CCC2C3CC=C4C[C@@](O)(OCc5ccc(C#N)cc5)CC[C@]4(C)C3CC[C@@]21C. The normalized spacial score (nSPS) is 42.3. The quantitative estimate of drug-likeness (QED) is 0.379. The molecule has 1 aromatic rings. The first-order valence-corrected chi connectivity index (χ1v) is 13.7. The number of rotatable bonds is 5. The fraction of sp³-hybridized carbons (Fsp3) is 0.677. The molecule has 0 spiro atoms. The molecule has 4 heteroatoms. The Morgan fingerprint density at radius 1 is 1.11 bits per heavy atom. The van der Waals surface area contributed by atoms with Gasteiger partial charge in [-0.15, -0.1) is 0 Å². The van der Waals surface area contributed by atoms with Crippen LogP contribution >= 0.6 is 0 Å². The van der Waals surface area contributed by atoms with Crippen molar-refractivity contribution < 1.29 is 14.6 Å². The third-order valence-corrected chi connectivity index (χ3v) is 11.4. The smallest absolute Gasteiger partial charge is 0.169 e. The Hall–Kier alpha value is -1.96. The van der Waals surface area contributed by atoms with Gasteiger partial charge in [0.05, 0.1) is 18.2 Å². The molecule has 0 saturated heterocycles. The number of ether oxygens (including phenoxy) is 1. The standard InChI is InChI=1S/C31H41NO3/c1-5-30(21(2)33)15-13-27-25-11-10-24-18-31(34,35-20-23-8-6-22(19-32)7-9-23)17-16-28(24,3)26(25)12-14-29(27,30)4/h6-10,25-27,34H,5,11-18,20H2,1-4H3/t25?,26?,27?,28-,29-,30+,31-/m0/s1. The highest BCUT2D eigenvalue weighted by Gasteiger charge is 2.65. The number of benzene rings is 1. The molecule has 0 heterocycles. The number of fused-ring (bicyclic) bond motifs is 5. The van der Waals surface area contributed by atoms with Crippen LogP contribution in [0.3, 0.4) is 0 Å². The van der Waals surface area contributed by atoms with Gasteiger partial charge < -0.3 is 9.84 Å². The molecule has 35 heavy (non-hydrogen) atoms. The van der Waals surface area contributed by atoms with E-state index in [1.165, 1.54) is 18.4 Å². The zero-order valence-corrected chi connectivity index (χ0v) is 21.9. The third-order valence-electron chi connectivity index (χ3n) is 11.4. The van der Waals surface area contributed by atoms with Gasteiger partial charge in [-0.2, -0.15) is 5.26 Å². The average Bonchev–Trinajstić information content (AvgIpc) is 3.17. The number of allylic oxidation sites excluding steroid dienone is 1. The van der Waals surface area contributed by atoms with E-state index in [1.807, 2.05) is 19.1 Å². The topological polar surface area (TPSA) is 70.3 Å². The van der Waals surface area contributed by atoms with Gasteiger partial charge in [0, 0.05) is 18.3 Å². The van der Waals surface area contributed by atoms with Crippen molar-refractivity contribution in [3.63, 3.8) is 0 Å². The minimum Gasteiger partial charge on any atom is -0.365 e. The summed E-state index contributed by atoms with van der Waals surface area (Å²) in [6.45, 7) is 9.28. The maximum absolute atomic E-state index is 12.9. The average molecular weight is 476 g/mol. The molecular weight excluding hydrogens is 434 g/mol. The Labute approximate surface area is 210 Å². The number of nitriles is 1. The van der Waals surface area contributed by atoms with E-state index in [1.54, 1.807) is 12.1 Å². The van der Waals surface area contributed by atoms with Crippen LogP contribution in [0.15, 0.2) is 35.9 Å². The van der Waals surface area contributed by atoms with Crippen molar-refractivity contribution >= 4 is 5.78 Å². The molecule has 4 aliphatic rings. The molecule has 3 saturated carbocycles.